The number of benzene rings is 1. The van der Waals surface area contributed by atoms with Crippen LogP contribution in [0.2, 0.25) is 0 Å². The van der Waals surface area contributed by atoms with E-state index in [1.165, 1.54) is 18.2 Å². The molecular formula is C12H14N2O4. The van der Waals surface area contributed by atoms with Crippen molar-refractivity contribution < 1.29 is 19.8 Å². The van der Waals surface area contributed by atoms with E-state index in [1.54, 1.807) is 0 Å². The first-order valence-corrected chi connectivity index (χ1v) is 5.55. The summed E-state index contributed by atoms with van der Waals surface area (Å²) in [7, 11) is 0. The minimum Gasteiger partial charge on any atom is -0.507 e. The van der Waals surface area contributed by atoms with Crippen LogP contribution in [0.4, 0.5) is 0 Å². The lowest BCUT2D eigenvalue weighted by molar-refractivity contribution is 0.0107. The number of aromatic hydroxyl groups is 1. The summed E-state index contributed by atoms with van der Waals surface area (Å²) >= 11 is 0. The Bertz CT molecular complexity index is 511. The molecule has 0 aliphatic carbocycles. The third-order valence-electron chi connectivity index (χ3n) is 2.60. The van der Waals surface area contributed by atoms with Gasteiger partial charge in [-0.25, -0.2) is 20.1 Å². The summed E-state index contributed by atoms with van der Waals surface area (Å²) in [5.74, 6) is -0.579. The van der Waals surface area contributed by atoms with E-state index in [0.29, 0.717) is 11.4 Å². The second kappa shape index (κ2) is 4.66. The normalized spacial score (nSPS) is 18.6. The molecule has 2 rings (SSSR count). The number of hydrogen-bond acceptors (Lipinski definition) is 5. The van der Waals surface area contributed by atoms with E-state index in [1.807, 2.05) is 13.8 Å². The van der Waals surface area contributed by atoms with Crippen LogP contribution in [0.1, 0.15) is 29.8 Å². The number of aromatic carboxylic acids is 1. The molecule has 1 aliphatic rings. The van der Waals surface area contributed by atoms with Gasteiger partial charge in [0.1, 0.15) is 5.75 Å². The van der Waals surface area contributed by atoms with Crippen LogP contribution in [0, 0.1) is 5.92 Å². The van der Waals surface area contributed by atoms with Crippen molar-refractivity contribution >= 4 is 11.8 Å². The van der Waals surface area contributed by atoms with Gasteiger partial charge >= 0.3 is 5.97 Å². The van der Waals surface area contributed by atoms with E-state index >= 15 is 0 Å². The van der Waals surface area contributed by atoms with Crippen LogP contribution in [-0.4, -0.2) is 28.2 Å². The van der Waals surface area contributed by atoms with Crippen LogP contribution in [0.3, 0.4) is 0 Å². The van der Waals surface area contributed by atoms with Gasteiger partial charge < -0.3 is 10.2 Å². The molecular weight excluding hydrogens is 236 g/mol. The predicted octanol–water partition coefficient (Wildman–Crippen LogP) is 1.35. The van der Waals surface area contributed by atoms with Gasteiger partial charge in [-0.1, -0.05) is 13.8 Å². The zero-order valence-corrected chi connectivity index (χ0v) is 10.0. The van der Waals surface area contributed by atoms with Gasteiger partial charge in [-0.2, -0.15) is 0 Å². The molecule has 96 valence electrons. The lowest BCUT2D eigenvalue weighted by Crippen LogP contribution is -2.21. The van der Waals surface area contributed by atoms with Gasteiger partial charge in [0.05, 0.1) is 11.1 Å². The molecule has 0 aromatic heterocycles. The second-order valence-corrected chi connectivity index (χ2v) is 4.37. The Kier molecular flexibility index (Phi) is 3.20. The van der Waals surface area contributed by atoms with Crippen molar-refractivity contribution in [2.75, 3.05) is 0 Å². The molecule has 6 heteroatoms. The van der Waals surface area contributed by atoms with E-state index in [-0.39, 0.29) is 23.5 Å². The molecule has 1 aromatic rings. The van der Waals surface area contributed by atoms with Gasteiger partial charge in [0.15, 0.2) is 12.1 Å². The highest BCUT2D eigenvalue weighted by Crippen LogP contribution is 2.22. The Morgan fingerprint density at radius 3 is 2.78 bits per heavy atom. The zero-order valence-electron chi connectivity index (χ0n) is 10.0. The summed E-state index contributed by atoms with van der Waals surface area (Å²) in [6, 6.07) is 4.01. The Hall–Kier alpha value is -2.08. The fourth-order valence-electron chi connectivity index (χ4n) is 1.56. The first-order chi connectivity index (χ1) is 8.49. The lowest BCUT2D eigenvalue weighted by atomic mass is 10.1. The number of phenolic OH excluding ortho intramolecular Hbond substituents is 1. The number of carbonyl (C=O) groups is 1. The Labute approximate surface area is 104 Å². The molecule has 1 aromatic carbocycles. The van der Waals surface area contributed by atoms with Crippen molar-refractivity contribution in [3.63, 3.8) is 0 Å². The molecule has 0 radical (unpaired) electrons. The van der Waals surface area contributed by atoms with E-state index in [0.717, 1.165) is 0 Å². The number of amidine groups is 1. The molecule has 0 saturated carbocycles. The van der Waals surface area contributed by atoms with Crippen LogP contribution in [0.5, 0.6) is 5.75 Å². The average molecular weight is 250 g/mol. The van der Waals surface area contributed by atoms with Crippen LogP contribution < -0.4 is 5.48 Å². The van der Waals surface area contributed by atoms with Crippen LogP contribution >= 0.6 is 0 Å². The summed E-state index contributed by atoms with van der Waals surface area (Å²) < 4.78 is 0. The second-order valence-electron chi connectivity index (χ2n) is 4.37. The molecule has 18 heavy (non-hydrogen) atoms. The molecule has 3 N–H and O–H groups in total. The number of aliphatic imine (C=N–C) groups is 1. The van der Waals surface area contributed by atoms with Crippen LogP contribution in [0.25, 0.3) is 0 Å². The number of nitrogens with one attached hydrogen (secondary N) is 1. The van der Waals surface area contributed by atoms with Gasteiger partial charge in [0, 0.05) is 5.92 Å². The summed E-state index contributed by atoms with van der Waals surface area (Å²) in [6.07, 6.45) is -0.340. The maximum atomic E-state index is 10.9. The summed E-state index contributed by atoms with van der Waals surface area (Å²) in [6.45, 7) is 3.90. The molecule has 6 nitrogen and oxygen atoms in total. The Morgan fingerprint density at radius 2 is 2.22 bits per heavy atom. The molecule has 0 saturated heterocycles. The largest absolute Gasteiger partial charge is 0.507 e. The van der Waals surface area contributed by atoms with Crippen molar-refractivity contribution in [1.29, 1.82) is 0 Å². The molecule has 0 bridgehead atoms. The molecule has 0 amide bonds. The van der Waals surface area contributed by atoms with Crippen molar-refractivity contribution in [2.24, 2.45) is 10.9 Å². The number of hydroxylamine groups is 1. The van der Waals surface area contributed by atoms with Crippen molar-refractivity contribution in [1.82, 2.24) is 5.48 Å². The highest BCUT2D eigenvalue weighted by atomic mass is 16.7. The van der Waals surface area contributed by atoms with E-state index in [9.17, 15) is 9.90 Å². The van der Waals surface area contributed by atoms with Crippen LogP contribution in [-0.2, 0) is 4.84 Å². The molecule has 0 fully saturated rings. The van der Waals surface area contributed by atoms with Gasteiger partial charge in [0.2, 0.25) is 0 Å². The number of carboxylic acid groups (broad SMARTS) is 1. The quantitative estimate of drug-likeness (QED) is 0.753. The number of nitrogens with zero attached hydrogens (tertiary/aromatic N) is 1. The molecule has 0 spiro atoms. The fourth-order valence-corrected chi connectivity index (χ4v) is 1.56. The van der Waals surface area contributed by atoms with Gasteiger partial charge in [-0.05, 0) is 18.2 Å². The number of rotatable bonds is 3. The van der Waals surface area contributed by atoms with E-state index < -0.39 is 5.97 Å². The number of carboxylic acids is 1. The minimum atomic E-state index is -1.06. The average Bonchev–Trinajstić information content (AvgIpc) is 2.78. The molecule has 1 heterocycles. The fraction of sp³-hybridized carbons (Fsp3) is 0.333. The monoisotopic (exact) mass is 250 g/mol. The molecule has 1 aliphatic heterocycles. The predicted molar refractivity (Wildman–Crippen MR) is 64.4 cm³/mol. The van der Waals surface area contributed by atoms with Crippen molar-refractivity contribution in [3.8, 4) is 5.75 Å². The maximum absolute atomic E-state index is 10.9. The Balaban J connectivity index is 2.36. The first kappa shape index (κ1) is 12.4. The van der Waals surface area contributed by atoms with Gasteiger partial charge in [-0.15, -0.1) is 0 Å². The number of hydrogen-bond donors (Lipinski definition) is 3. The lowest BCUT2D eigenvalue weighted by Gasteiger charge is -2.07. The highest BCUT2D eigenvalue weighted by Gasteiger charge is 2.24. The SMILES string of the molecule is CC(C)C1N=C(c2cc(C(=O)O)ccc2O)NO1. The Morgan fingerprint density at radius 1 is 1.50 bits per heavy atom. The highest BCUT2D eigenvalue weighted by molar-refractivity contribution is 6.03. The smallest absolute Gasteiger partial charge is 0.335 e. The first-order valence-electron chi connectivity index (χ1n) is 5.55. The molecule has 1 unspecified atom stereocenters. The van der Waals surface area contributed by atoms with E-state index in [4.69, 9.17) is 9.94 Å². The topological polar surface area (TPSA) is 91.2 Å². The number of phenols is 1. The van der Waals surface area contributed by atoms with Gasteiger partial charge in [0.25, 0.3) is 0 Å². The van der Waals surface area contributed by atoms with E-state index in [2.05, 4.69) is 10.5 Å². The maximum Gasteiger partial charge on any atom is 0.335 e. The zero-order chi connectivity index (χ0) is 13.3. The van der Waals surface area contributed by atoms with Crippen molar-refractivity contribution in [2.45, 2.75) is 20.1 Å². The molecule has 1 atom stereocenters. The summed E-state index contributed by atoms with van der Waals surface area (Å²) in [4.78, 5) is 20.4. The third-order valence-corrected chi connectivity index (χ3v) is 2.60. The van der Waals surface area contributed by atoms with Gasteiger partial charge in [-0.3, -0.25) is 0 Å². The third kappa shape index (κ3) is 2.28. The summed E-state index contributed by atoms with van der Waals surface area (Å²) in [5, 5.41) is 18.6. The van der Waals surface area contributed by atoms with Crippen LogP contribution in [0.15, 0.2) is 23.2 Å². The minimum absolute atomic E-state index is 0.0424. The van der Waals surface area contributed by atoms with Crippen molar-refractivity contribution in [3.05, 3.63) is 29.3 Å². The summed E-state index contributed by atoms with van der Waals surface area (Å²) in [5.41, 5.74) is 3.01. The standard InChI is InChI=1S/C12H14N2O4/c1-6(2)11-13-10(14-18-11)8-5-7(12(16)17)3-4-9(8)15/h3-6,11,15H,1-2H3,(H,13,14)(H,16,17).